The summed E-state index contributed by atoms with van der Waals surface area (Å²) in [5.74, 6) is -3.77. The first kappa shape index (κ1) is 23.8. The minimum Gasteiger partial charge on any atom is -0.342 e. The summed E-state index contributed by atoms with van der Waals surface area (Å²) in [5, 5.41) is 14.5. The van der Waals surface area contributed by atoms with Crippen molar-refractivity contribution in [1.82, 2.24) is 34.9 Å². The zero-order valence-electron chi connectivity index (χ0n) is 18.0. The summed E-state index contributed by atoms with van der Waals surface area (Å²) in [6.07, 6.45) is 0.0406. The fourth-order valence-electron chi connectivity index (χ4n) is 3.95. The number of carbonyl (C=O) groups excluding carboxylic acids is 1. The highest BCUT2D eigenvalue weighted by Gasteiger charge is 2.39. The molecular formula is C21H22F5N7O. The number of rotatable bonds is 7. The van der Waals surface area contributed by atoms with E-state index in [4.69, 9.17) is 0 Å². The van der Waals surface area contributed by atoms with Crippen molar-refractivity contribution in [3.8, 4) is 0 Å². The Balaban J connectivity index is 1.57. The molecule has 1 saturated carbocycles. The Labute approximate surface area is 190 Å². The maximum absolute atomic E-state index is 13.8. The molecule has 3 aromatic heterocycles. The number of aromatic nitrogens is 6. The van der Waals surface area contributed by atoms with Gasteiger partial charge >= 0.3 is 6.18 Å². The number of amides is 1. The second-order valence-corrected chi connectivity index (χ2v) is 8.30. The lowest BCUT2D eigenvalue weighted by atomic mass is 9.81. The summed E-state index contributed by atoms with van der Waals surface area (Å²) in [4.78, 5) is 18.2. The van der Waals surface area contributed by atoms with E-state index in [2.05, 4.69) is 32.2 Å². The minimum absolute atomic E-state index is 0.162. The topological polar surface area (TPSA) is 90.0 Å². The molecule has 3 heterocycles. The summed E-state index contributed by atoms with van der Waals surface area (Å²) in [7, 11) is 0. The monoisotopic (exact) mass is 483 g/mol. The zero-order valence-corrected chi connectivity index (χ0v) is 18.0. The normalized spacial score (nSPS) is 17.6. The van der Waals surface area contributed by atoms with Crippen molar-refractivity contribution in [3.63, 3.8) is 0 Å². The highest BCUT2D eigenvalue weighted by atomic mass is 19.4. The Kier molecular flexibility index (Phi) is 6.36. The Morgan fingerprint density at radius 2 is 2.00 bits per heavy atom. The minimum atomic E-state index is -4.38. The standard InChI is InChI=1S/C21H22F5N7O/c1-2-13-9-17-29-16(12-32(17)27-10-13)18(14-3-5-20(22,23)6-4-14)30-19(34)15-11-28-33(31-15)8-7-21(24,25)26/h2,9-12,14,18H,1,3-8H2,(H,30,34). The molecule has 0 bridgehead atoms. The molecule has 8 nitrogen and oxygen atoms in total. The molecule has 13 heteroatoms. The van der Waals surface area contributed by atoms with E-state index in [0.29, 0.717) is 11.3 Å². The van der Waals surface area contributed by atoms with Gasteiger partial charge in [0.1, 0.15) is 0 Å². The second-order valence-electron chi connectivity index (χ2n) is 8.30. The maximum atomic E-state index is 13.8. The fraction of sp³-hybridized carbons (Fsp3) is 0.476. The van der Waals surface area contributed by atoms with Crippen molar-refractivity contribution in [2.45, 2.75) is 56.8 Å². The predicted octanol–water partition coefficient (Wildman–Crippen LogP) is 4.21. The quantitative estimate of drug-likeness (QED) is 0.509. The highest BCUT2D eigenvalue weighted by molar-refractivity contribution is 5.92. The highest BCUT2D eigenvalue weighted by Crippen LogP contribution is 2.41. The van der Waals surface area contributed by atoms with E-state index in [1.54, 1.807) is 24.5 Å². The second kappa shape index (κ2) is 9.11. The number of hydrogen-bond donors (Lipinski definition) is 1. The van der Waals surface area contributed by atoms with Crippen molar-refractivity contribution in [2.24, 2.45) is 5.92 Å². The zero-order chi connectivity index (χ0) is 24.5. The van der Waals surface area contributed by atoms with E-state index in [-0.39, 0.29) is 37.3 Å². The first-order valence-corrected chi connectivity index (χ1v) is 10.7. The van der Waals surface area contributed by atoms with Crippen LogP contribution in [0.25, 0.3) is 11.7 Å². The number of alkyl halides is 5. The van der Waals surface area contributed by atoms with E-state index >= 15 is 0 Å². The molecule has 0 radical (unpaired) electrons. The molecule has 3 aromatic rings. The summed E-state index contributed by atoms with van der Waals surface area (Å²) in [6, 6.07) is 1.02. The van der Waals surface area contributed by atoms with Crippen LogP contribution in [-0.2, 0) is 6.54 Å². The van der Waals surface area contributed by atoms with Gasteiger partial charge in [-0.1, -0.05) is 12.7 Å². The Morgan fingerprint density at radius 3 is 2.68 bits per heavy atom. The molecule has 0 spiro atoms. The molecule has 1 N–H and O–H groups in total. The van der Waals surface area contributed by atoms with Gasteiger partial charge in [0, 0.05) is 12.8 Å². The number of aryl methyl sites for hydroxylation is 1. The Hall–Kier alpha value is -3.38. The third kappa shape index (κ3) is 5.57. The van der Waals surface area contributed by atoms with Crippen LogP contribution >= 0.6 is 0 Å². The molecule has 1 aliphatic rings. The average Bonchev–Trinajstić information content (AvgIpc) is 3.42. The molecule has 4 rings (SSSR count). The summed E-state index contributed by atoms with van der Waals surface area (Å²) in [6.45, 7) is 3.16. The molecule has 182 valence electrons. The molecule has 34 heavy (non-hydrogen) atoms. The number of carbonyl (C=O) groups is 1. The van der Waals surface area contributed by atoms with Gasteiger partial charge in [-0.05, 0) is 30.4 Å². The van der Waals surface area contributed by atoms with E-state index in [1.807, 2.05) is 0 Å². The fourth-order valence-corrected chi connectivity index (χ4v) is 3.95. The van der Waals surface area contributed by atoms with Gasteiger partial charge in [0.15, 0.2) is 11.3 Å². The van der Waals surface area contributed by atoms with Gasteiger partial charge in [-0.15, -0.1) is 5.10 Å². The largest absolute Gasteiger partial charge is 0.390 e. The average molecular weight is 483 g/mol. The number of nitrogens with one attached hydrogen (secondary N) is 1. The third-order valence-electron chi connectivity index (χ3n) is 5.80. The van der Waals surface area contributed by atoms with Crippen molar-refractivity contribution in [2.75, 3.05) is 0 Å². The van der Waals surface area contributed by atoms with E-state index in [9.17, 15) is 26.7 Å². The van der Waals surface area contributed by atoms with Crippen molar-refractivity contribution in [1.29, 1.82) is 0 Å². The number of halogens is 5. The molecule has 0 aromatic carbocycles. The molecule has 1 fully saturated rings. The number of nitrogens with zero attached hydrogens (tertiary/aromatic N) is 6. The van der Waals surface area contributed by atoms with E-state index < -0.39 is 37.0 Å². The van der Waals surface area contributed by atoms with Gasteiger partial charge in [-0.25, -0.2) is 18.3 Å². The maximum Gasteiger partial charge on any atom is 0.390 e. The first-order valence-electron chi connectivity index (χ1n) is 10.7. The summed E-state index contributed by atoms with van der Waals surface area (Å²) in [5.41, 5.74) is 1.48. The summed E-state index contributed by atoms with van der Waals surface area (Å²) >= 11 is 0. The SMILES string of the molecule is C=Cc1cnn2cc(C(NC(=O)c3cnn(CCC(F)(F)F)n3)C3CCC(F)(F)CC3)nc2c1. The van der Waals surface area contributed by atoms with Gasteiger partial charge in [0.05, 0.1) is 43.3 Å². The number of hydrogen-bond acceptors (Lipinski definition) is 5. The lowest BCUT2D eigenvalue weighted by molar-refractivity contribution is -0.137. The smallest absolute Gasteiger partial charge is 0.342 e. The number of imidazole rings is 1. The van der Waals surface area contributed by atoms with E-state index in [1.165, 1.54) is 4.52 Å². The van der Waals surface area contributed by atoms with Crippen LogP contribution in [0, 0.1) is 5.92 Å². The van der Waals surface area contributed by atoms with Crippen LogP contribution in [0.1, 0.15) is 59.9 Å². The Morgan fingerprint density at radius 1 is 1.26 bits per heavy atom. The molecule has 1 atom stereocenters. The molecular weight excluding hydrogens is 461 g/mol. The van der Waals surface area contributed by atoms with Gasteiger partial charge < -0.3 is 5.32 Å². The summed E-state index contributed by atoms with van der Waals surface area (Å²) < 4.78 is 66.3. The van der Waals surface area contributed by atoms with Gasteiger partial charge in [0.2, 0.25) is 5.92 Å². The predicted molar refractivity (Wildman–Crippen MR) is 111 cm³/mol. The first-order chi connectivity index (χ1) is 16.0. The van der Waals surface area contributed by atoms with E-state index in [0.717, 1.165) is 16.6 Å². The van der Waals surface area contributed by atoms with Crippen LogP contribution in [0.2, 0.25) is 0 Å². The molecule has 1 amide bonds. The Bertz CT molecular complexity index is 1180. The van der Waals surface area contributed by atoms with Crippen molar-refractivity contribution < 1.29 is 26.7 Å². The van der Waals surface area contributed by atoms with Crippen LogP contribution < -0.4 is 5.32 Å². The van der Waals surface area contributed by atoms with Gasteiger partial charge in [-0.3, -0.25) is 4.79 Å². The van der Waals surface area contributed by atoms with Gasteiger partial charge in [-0.2, -0.15) is 28.2 Å². The van der Waals surface area contributed by atoms with Crippen molar-refractivity contribution >= 4 is 17.6 Å². The molecule has 0 saturated heterocycles. The van der Waals surface area contributed by atoms with Crippen LogP contribution in [0.4, 0.5) is 22.0 Å². The van der Waals surface area contributed by atoms with Crippen LogP contribution in [0.5, 0.6) is 0 Å². The third-order valence-corrected chi connectivity index (χ3v) is 5.80. The number of fused-ring (bicyclic) bond motifs is 1. The molecule has 1 aliphatic carbocycles. The van der Waals surface area contributed by atoms with Gasteiger partial charge in [0.25, 0.3) is 5.91 Å². The molecule has 1 unspecified atom stereocenters. The van der Waals surface area contributed by atoms with Crippen molar-refractivity contribution in [3.05, 3.63) is 48.2 Å². The molecule has 0 aliphatic heterocycles. The van der Waals surface area contributed by atoms with Crippen LogP contribution in [-0.4, -0.2) is 47.6 Å². The lowest BCUT2D eigenvalue weighted by Gasteiger charge is -2.33. The lowest BCUT2D eigenvalue weighted by Crippen LogP contribution is -2.37. The van der Waals surface area contributed by atoms with Crippen LogP contribution in [0.15, 0.2) is 31.2 Å². The van der Waals surface area contributed by atoms with Crippen LogP contribution in [0.3, 0.4) is 0 Å².